The molecule has 5 nitrogen and oxygen atoms in total. The van der Waals surface area contributed by atoms with Gasteiger partial charge in [0, 0.05) is 17.0 Å². The third kappa shape index (κ3) is 6.05. The second-order valence-electron chi connectivity index (χ2n) is 3.88. The number of hydrogen-bond acceptors (Lipinski definition) is 4. The Kier molecular flexibility index (Phi) is 6.08. The number of thioether (sulfide) groups is 1. The number of carbonyl (C=O) groups excluding carboxylic acids is 2. The molecule has 102 valence electrons. The molecule has 0 saturated heterocycles. The molecule has 0 unspecified atom stereocenters. The highest BCUT2D eigenvalue weighted by Gasteiger charge is 2.05. The van der Waals surface area contributed by atoms with Crippen LogP contribution < -0.4 is 5.32 Å². The molecule has 0 aliphatic carbocycles. The largest absolute Gasteiger partial charge is 0.481 e. The summed E-state index contributed by atoms with van der Waals surface area (Å²) in [6, 6.07) is 6.69. The lowest BCUT2D eigenvalue weighted by atomic mass is 10.1. The van der Waals surface area contributed by atoms with Crippen LogP contribution >= 0.6 is 11.8 Å². The maximum atomic E-state index is 11.6. The Balaban J connectivity index is 2.42. The van der Waals surface area contributed by atoms with E-state index >= 15 is 0 Å². The minimum atomic E-state index is -0.873. The number of amides is 1. The maximum Gasteiger partial charge on any atom is 0.304 e. The van der Waals surface area contributed by atoms with Crippen molar-refractivity contribution in [2.75, 3.05) is 16.8 Å². The third-order valence-corrected chi connectivity index (χ3v) is 3.21. The lowest BCUT2D eigenvalue weighted by Gasteiger charge is -2.06. The van der Waals surface area contributed by atoms with E-state index in [4.69, 9.17) is 5.11 Å². The van der Waals surface area contributed by atoms with Crippen molar-refractivity contribution in [2.45, 2.75) is 13.3 Å². The van der Waals surface area contributed by atoms with Crippen LogP contribution in [0.5, 0.6) is 0 Å². The SMILES string of the molecule is CC(=O)c1cccc(NC(=O)CSCCC(=O)O)c1. The van der Waals surface area contributed by atoms with Crippen molar-refractivity contribution in [3.05, 3.63) is 29.8 Å². The first-order valence-electron chi connectivity index (χ1n) is 5.69. The number of carbonyl (C=O) groups is 3. The highest BCUT2D eigenvalue weighted by Crippen LogP contribution is 2.12. The van der Waals surface area contributed by atoms with Crippen molar-refractivity contribution in [1.29, 1.82) is 0 Å². The predicted octanol–water partition coefficient (Wildman–Crippen LogP) is 2.04. The molecule has 0 saturated carbocycles. The second-order valence-corrected chi connectivity index (χ2v) is 4.99. The van der Waals surface area contributed by atoms with Gasteiger partial charge >= 0.3 is 5.97 Å². The van der Waals surface area contributed by atoms with Crippen LogP contribution in [0.25, 0.3) is 0 Å². The van der Waals surface area contributed by atoms with Gasteiger partial charge < -0.3 is 10.4 Å². The Morgan fingerprint density at radius 1 is 1.32 bits per heavy atom. The number of carboxylic acid groups (broad SMARTS) is 1. The molecule has 2 N–H and O–H groups in total. The van der Waals surface area contributed by atoms with E-state index in [1.165, 1.54) is 18.7 Å². The van der Waals surface area contributed by atoms with Gasteiger partial charge in [-0.05, 0) is 19.1 Å². The fourth-order valence-electron chi connectivity index (χ4n) is 1.34. The number of rotatable bonds is 7. The van der Waals surface area contributed by atoms with Crippen molar-refractivity contribution >= 4 is 35.1 Å². The van der Waals surface area contributed by atoms with E-state index in [1.807, 2.05) is 0 Å². The van der Waals surface area contributed by atoms with Gasteiger partial charge in [0.15, 0.2) is 5.78 Å². The molecule has 0 heterocycles. The minimum Gasteiger partial charge on any atom is -0.481 e. The number of aliphatic carboxylic acids is 1. The van der Waals surface area contributed by atoms with Crippen molar-refractivity contribution in [1.82, 2.24) is 0 Å². The Morgan fingerprint density at radius 2 is 2.05 bits per heavy atom. The Morgan fingerprint density at radius 3 is 2.68 bits per heavy atom. The summed E-state index contributed by atoms with van der Waals surface area (Å²) in [5.41, 5.74) is 1.10. The van der Waals surface area contributed by atoms with Crippen molar-refractivity contribution in [2.24, 2.45) is 0 Å². The van der Waals surface area contributed by atoms with Crippen molar-refractivity contribution in [3.8, 4) is 0 Å². The molecule has 1 amide bonds. The lowest BCUT2D eigenvalue weighted by Crippen LogP contribution is -2.15. The summed E-state index contributed by atoms with van der Waals surface area (Å²) in [7, 11) is 0. The van der Waals surface area contributed by atoms with Crippen molar-refractivity contribution in [3.63, 3.8) is 0 Å². The van der Waals surface area contributed by atoms with E-state index in [0.717, 1.165) is 0 Å². The fraction of sp³-hybridized carbons (Fsp3) is 0.308. The van der Waals surface area contributed by atoms with Crippen LogP contribution in [-0.2, 0) is 9.59 Å². The molecule has 0 aliphatic heterocycles. The van der Waals surface area contributed by atoms with Crippen molar-refractivity contribution < 1.29 is 19.5 Å². The number of anilines is 1. The van der Waals surface area contributed by atoms with E-state index < -0.39 is 5.97 Å². The summed E-state index contributed by atoms with van der Waals surface area (Å²) in [6.45, 7) is 1.46. The molecular weight excluding hydrogens is 266 g/mol. The number of carboxylic acids is 1. The van der Waals surface area contributed by atoms with Crippen LogP contribution in [0.1, 0.15) is 23.7 Å². The second kappa shape index (κ2) is 7.58. The van der Waals surface area contributed by atoms with Gasteiger partial charge in [0.2, 0.25) is 5.91 Å². The predicted molar refractivity (Wildman–Crippen MR) is 74.7 cm³/mol. The standard InChI is InChI=1S/C13H15NO4S/c1-9(15)10-3-2-4-11(7-10)14-12(16)8-19-6-5-13(17)18/h2-4,7H,5-6,8H2,1H3,(H,14,16)(H,17,18). The first-order valence-corrected chi connectivity index (χ1v) is 6.85. The first kappa shape index (κ1) is 15.2. The molecule has 0 aromatic heterocycles. The Hall–Kier alpha value is -1.82. The van der Waals surface area contributed by atoms with Crippen LogP contribution in [0.4, 0.5) is 5.69 Å². The van der Waals surface area contributed by atoms with Crippen LogP contribution in [0, 0.1) is 0 Å². The molecular formula is C13H15NO4S. The molecule has 1 aromatic carbocycles. The molecule has 0 atom stereocenters. The molecule has 0 bridgehead atoms. The van der Waals surface area contributed by atoms with E-state index in [9.17, 15) is 14.4 Å². The molecule has 1 aromatic rings. The molecule has 0 radical (unpaired) electrons. The quantitative estimate of drug-likeness (QED) is 0.590. The number of ketones is 1. The van der Waals surface area contributed by atoms with Gasteiger partial charge in [-0.15, -0.1) is 0 Å². The first-order chi connectivity index (χ1) is 8.99. The van der Waals surface area contributed by atoms with E-state index in [1.54, 1.807) is 24.3 Å². The zero-order chi connectivity index (χ0) is 14.3. The molecule has 0 fully saturated rings. The fourth-order valence-corrected chi connectivity index (χ4v) is 2.06. The van der Waals surface area contributed by atoms with Crippen LogP contribution in [-0.4, -0.2) is 34.3 Å². The zero-order valence-electron chi connectivity index (χ0n) is 10.5. The third-order valence-electron chi connectivity index (χ3n) is 2.25. The Labute approximate surface area is 115 Å². The number of nitrogens with one attached hydrogen (secondary N) is 1. The average molecular weight is 281 g/mol. The highest BCUT2D eigenvalue weighted by atomic mass is 32.2. The highest BCUT2D eigenvalue weighted by molar-refractivity contribution is 7.99. The molecule has 0 spiro atoms. The lowest BCUT2D eigenvalue weighted by molar-refractivity contribution is -0.136. The summed E-state index contributed by atoms with van der Waals surface area (Å²) in [5, 5.41) is 11.1. The molecule has 0 aliphatic rings. The van der Waals surface area contributed by atoms with Gasteiger partial charge in [-0.2, -0.15) is 11.8 Å². The smallest absolute Gasteiger partial charge is 0.304 e. The molecule has 19 heavy (non-hydrogen) atoms. The van der Waals surface area contributed by atoms with Gasteiger partial charge in [-0.25, -0.2) is 0 Å². The normalized spacial score (nSPS) is 9.95. The number of hydrogen-bond donors (Lipinski definition) is 2. The van der Waals surface area contributed by atoms with Gasteiger partial charge in [0.05, 0.1) is 12.2 Å². The number of Topliss-reactive ketones (excluding diaryl/α,β-unsaturated/α-hetero) is 1. The summed E-state index contributed by atoms with van der Waals surface area (Å²) >= 11 is 1.26. The molecule has 6 heteroatoms. The van der Waals surface area contributed by atoms with Gasteiger partial charge in [-0.1, -0.05) is 12.1 Å². The topological polar surface area (TPSA) is 83.5 Å². The van der Waals surface area contributed by atoms with Crippen LogP contribution in [0.15, 0.2) is 24.3 Å². The van der Waals surface area contributed by atoms with Gasteiger partial charge in [-0.3, -0.25) is 14.4 Å². The minimum absolute atomic E-state index is 0.0395. The summed E-state index contributed by atoms with van der Waals surface area (Å²) in [6.07, 6.45) is 0.0395. The number of benzene rings is 1. The molecule has 1 rings (SSSR count). The van der Waals surface area contributed by atoms with Gasteiger partial charge in [0.25, 0.3) is 0 Å². The van der Waals surface area contributed by atoms with Gasteiger partial charge in [0.1, 0.15) is 0 Å². The monoisotopic (exact) mass is 281 g/mol. The average Bonchev–Trinajstić information content (AvgIpc) is 2.34. The van der Waals surface area contributed by atoms with E-state index in [2.05, 4.69) is 5.32 Å². The van der Waals surface area contributed by atoms with E-state index in [0.29, 0.717) is 17.0 Å². The summed E-state index contributed by atoms with van der Waals surface area (Å²) in [4.78, 5) is 33.1. The van der Waals surface area contributed by atoms with E-state index in [-0.39, 0.29) is 23.9 Å². The zero-order valence-corrected chi connectivity index (χ0v) is 11.3. The van der Waals surface area contributed by atoms with Crippen LogP contribution in [0.2, 0.25) is 0 Å². The summed E-state index contributed by atoms with van der Waals surface area (Å²) in [5.74, 6) is -0.557. The summed E-state index contributed by atoms with van der Waals surface area (Å²) < 4.78 is 0. The Bertz CT molecular complexity index is 487. The maximum absolute atomic E-state index is 11.6. The van der Waals surface area contributed by atoms with Crippen LogP contribution in [0.3, 0.4) is 0 Å².